The molecule has 1 aliphatic heterocycles. The molecule has 7 nitrogen and oxygen atoms in total. The van der Waals surface area contributed by atoms with Crippen LogP contribution in [0.25, 0.3) is 11.1 Å². The Morgan fingerprint density at radius 1 is 0.943 bits per heavy atom. The molecule has 0 spiro atoms. The third-order valence-corrected chi connectivity index (χ3v) is 8.15. The molecule has 7 heteroatoms. The minimum absolute atomic E-state index is 0.0694. The zero-order valence-electron chi connectivity index (χ0n) is 20.1. The van der Waals surface area contributed by atoms with Gasteiger partial charge in [0, 0.05) is 12.5 Å². The van der Waals surface area contributed by atoms with Gasteiger partial charge in [0.2, 0.25) is 5.91 Å². The second kappa shape index (κ2) is 9.02. The average molecular weight is 477 g/mol. The van der Waals surface area contributed by atoms with Crippen LogP contribution in [-0.2, 0) is 14.3 Å². The molecule has 0 radical (unpaired) electrons. The lowest BCUT2D eigenvalue weighted by atomic mass is 9.79. The number of aliphatic carboxylic acids is 1. The van der Waals surface area contributed by atoms with Crippen molar-refractivity contribution in [2.75, 3.05) is 13.2 Å². The monoisotopic (exact) mass is 476 g/mol. The maximum Gasteiger partial charge on any atom is 0.408 e. The summed E-state index contributed by atoms with van der Waals surface area (Å²) in [6.45, 7) is 2.15. The number of hydrogen-bond acceptors (Lipinski definition) is 4. The first kappa shape index (κ1) is 23.4. The first-order valence-corrected chi connectivity index (χ1v) is 12.5. The largest absolute Gasteiger partial charge is 0.480 e. The highest BCUT2D eigenvalue weighted by Gasteiger charge is 2.53. The number of carboxylic acid groups (broad SMARTS) is 1. The number of fused-ring (bicyclic) bond motifs is 3. The molecule has 0 unspecified atom stereocenters. The normalized spacial score (nSPS) is 22.8. The molecule has 2 aliphatic carbocycles. The fourth-order valence-electron chi connectivity index (χ4n) is 6.15. The molecule has 0 aromatic heterocycles. The summed E-state index contributed by atoms with van der Waals surface area (Å²) in [4.78, 5) is 40.3. The fraction of sp³-hybridized carbons (Fsp3) is 0.464. The van der Waals surface area contributed by atoms with E-state index in [4.69, 9.17) is 4.74 Å². The number of likely N-dealkylation sites (tertiary alicyclic amines) is 1. The van der Waals surface area contributed by atoms with Gasteiger partial charge in [-0.2, -0.15) is 0 Å². The minimum Gasteiger partial charge on any atom is -0.480 e. The summed E-state index contributed by atoms with van der Waals surface area (Å²) in [6, 6.07) is 16.3. The number of alkyl carbamates (subject to hydrolysis) is 1. The predicted molar refractivity (Wildman–Crippen MR) is 131 cm³/mol. The van der Waals surface area contributed by atoms with Crippen LogP contribution in [0.1, 0.15) is 68.9 Å². The lowest BCUT2D eigenvalue weighted by Gasteiger charge is -2.42. The zero-order chi connectivity index (χ0) is 24.6. The molecule has 2 fully saturated rings. The lowest BCUT2D eigenvalue weighted by Crippen LogP contribution is -2.64. The third-order valence-electron chi connectivity index (χ3n) is 8.15. The molecule has 3 aliphatic rings. The Kier molecular flexibility index (Phi) is 6.03. The van der Waals surface area contributed by atoms with Gasteiger partial charge < -0.3 is 20.1 Å². The first-order chi connectivity index (χ1) is 16.9. The van der Waals surface area contributed by atoms with Crippen LogP contribution in [0.3, 0.4) is 0 Å². The summed E-state index contributed by atoms with van der Waals surface area (Å²) < 4.78 is 5.74. The molecule has 2 N–H and O–H groups in total. The molecular formula is C28H32N2O5. The standard InChI is InChI=1S/C28H32N2O5/c1-27(25(32)33)14-9-17-30(27)24(31)28(15-7-2-8-16-28)29-26(34)35-18-23-21-12-5-3-10-19(21)20-11-4-6-13-22(20)23/h3-6,10-13,23H,2,7-9,14-18H2,1H3,(H,29,34)(H,32,33)/t27-/m0/s1. The van der Waals surface area contributed by atoms with Crippen LogP contribution in [0.15, 0.2) is 48.5 Å². The molecule has 2 aromatic rings. The molecule has 1 saturated carbocycles. The molecule has 1 saturated heterocycles. The number of amides is 2. The van der Waals surface area contributed by atoms with E-state index in [-0.39, 0.29) is 18.4 Å². The Morgan fingerprint density at radius 3 is 2.14 bits per heavy atom. The molecule has 1 atom stereocenters. The summed E-state index contributed by atoms with van der Waals surface area (Å²) in [6.07, 6.45) is 3.98. The van der Waals surface area contributed by atoms with Crippen LogP contribution >= 0.6 is 0 Å². The van der Waals surface area contributed by atoms with Gasteiger partial charge in [0.25, 0.3) is 0 Å². The second-order valence-corrected chi connectivity index (χ2v) is 10.2. The Balaban J connectivity index is 1.33. The van der Waals surface area contributed by atoms with Crippen molar-refractivity contribution in [1.29, 1.82) is 0 Å². The van der Waals surface area contributed by atoms with Crippen molar-refractivity contribution in [1.82, 2.24) is 10.2 Å². The summed E-state index contributed by atoms with van der Waals surface area (Å²) in [5.41, 5.74) is 2.18. The molecule has 35 heavy (non-hydrogen) atoms. The van der Waals surface area contributed by atoms with Crippen LogP contribution in [0.4, 0.5) is 4.79 Å². The smallest absolute Gasteiger partial charge is 0.408 e. The highest BCUT2D eigenvalue weighted by atomic mass is 16.5. The molecule has 2 aromatic carbocycles. The van der Waals surface area contributed by atoms with Gasteiger partial charge in [-0.1, -0.05) is 67.8 Å². The van der Waals surface area contributed by atoms with Gasteiger partial charge in [-0.3, -0.25) is 4.79 Å². The summed E-state index contributed by atoms with van der Waals surface area (Å²) >= 11 is 0. The lowest BCUT2D eigenvalue weighted by molar-refractivity contribution is -0.158. The van der Waals surface area contributed by atoms with Gasteiger partial charge in [-0.15, -0.1) is 0 Å². The maximum absolute atomic E-state index is 13.8. The van der Waals surface area contributed by atoms with Gasteiger partial charge >= 0.3 is 12.1 Å². The molecule has 5 rings (SSSR count). The quantitative estimate of drug-likeness (QED) is 0.653. The number of nitrogens with one attached hydrogen (secondary N) is 1. The van der Waals surface area contributed by atoms with E-state index in [1.54, 1.807) is 6.92 Å². The number of carbonyl (C=O) groups excluding carboxylic acids is 2. The minimum atomic E-state index is -1.25. The van der Waals surface area contributed by atoms with E-state index in [0.717, 1.165) is 41.5 Å². The molecule has 1 heterocycles. The van der Waals surface area contributed by atoms with E-state index < -0.39 is 23.1 Å². The Hall–Kier alpha value is -3.35. The number of carboxylic acids is 1. The maximum atomic E-state index is 13.8. The topological polar surface area (TPSA) is 95.9 Å². The van der Waals surface area contributed by atoms with Crippen molar-refractivity contribution < 1.29 is 24.2 Å². The van der Waals surface area contributed by atoms with Crippen molar-refractivity contribution in [3.05, 3.63) is 59.7 Å². The molecular weight excluding hydrogens is 444 g/mol. The van der Waals surface area contributed by atoms with E-state index in [9.17, 15) is 19.5 Å². The van der Waals surface area contributed by atoms with Crippen LogP contribution in [0.2, 0.25) is 0 Å². The van der Waals surface area contributed by atoms with E-state index in [0.29, 0.717) is 32.2 Å². The number of rotatable bonds is 5. The van der Waals surface area contributed by atoms with Crippen LogP contribution in [-0.4, -0.2) is 52.2 Å². The number of hydrogen-bond donors (Lipinski definition) is 2. The van der Waals surface area contributed by atoms with E-state index in [1.807, 2.05) is 24.3 Å². The number of carbonyl (C=O) groups is 3. The number of ether oxygens (including phenoxy) is 1. The number of benzene rings is 2. The highest BCUT2D eigenvalue weighted by Crippen LogP contribution is 2.44. The van der Waals surface area contributed by atoms with Crippen LogP contribution in [0.5, 0.6) is 0 Å². The third kappa shape index (κ3) is 3.97. The zero-order valence-corrected chi connectivity index (χ0v) is 20.1. The molecule has 2 amide bonds. The summed E-state index contributed by atoms with van der Waals surface area (Å²) in [5.74, 6) is -1.37. The van der Waals surface area contributed by atoms with Crippen LogP contribution in [0, 0.1) is 0 Å². The van der Waals surface area contributed by atoms with E-state index in [2.05, 4.69) is 29.6 Å². The molecule has 184 valence electrons. The van der Waals surface area contributed by atoms with E-state index in [1.165, 1.54) is 4.90 Å². The predicted octanol–water partition coefficient (Wildman–Crippen LogP) is 4.69. The van der Waals surface area contributed by atoms with Crippen LogP contribution < -0.4 is 5.32 Å². The van der Waals surface area contributed by atoms with Crippen molar-refractivity contribution in [3.8, 4) is 11.1 Å². The van der Waals surface area contributed by atoms with Gasteiger partial charge in [-0.25, -0.2) is 9.59 Å². The van der Waals surface area contributed by atoms with Crippen molar-refractivity contribution in [2.45, 2.75) is 68.9 Å². The van der Waals surface area contributed by atoms with Crippen molar-refractivity contribution in [2.24, 2.45) is 0 Å². The SMILES string of the molecule is C[C@@]1(C(=O)O)CCCN1C(=O)C1(NC(=O)OCC2c3ccccc3-c3ccccc32)CCCCC1. The molecule has 0 bridgehead atoms. The van der Waals surface area contributed by atoms with Gasteiger partial charge in [0.1, 0.15) is 17.7 Å². The van der Waals surface area contributed by atoms with Crippen molar-refractivity contribution in [3.63, 3.8) is 0 Å². The van der Waals surface area contributed by atoms with Crippen molar-refractivity contribution >= 4 is 18.0 Å². The Bertz CT molecular complexity index is 1110. The van der Waals surface area contributed by atoms with Gasteiger partial charge in [0.05, 0.1) is 0 Å². The Labute approximate surface area is 205 Å². The number of nitrogens with zero attached hydrogens (tertiary/aromatic N) is 1. The highest BCUT2D eigenvalue weighted by molar-refractivity contribution is 5.94. The summed E-state index contributed by atoms with van der Waals surface area (Å²) in [5, 5.41) is 12.7. The van der Waals surface area contributed by atoms with Gasteiger partial charge in [-0.05, 0) is 54.9 Å². The van der Waals surface area contributed by atoms with E-state index >= 15 is 0 Å². The fourth-order valence-corrected chi connectivity index (χ4v) is 6.15. The Morgan fingerprint density at radius 2 is 1.54 bits per heavy atom. The average Bonchev–Trinajstić information content (AvgIpc) is 3.42. The second-order valence-electron chi connectivity index (χ2n) is 10.2. The first-order valence-electron chi connectivity index (χ1n) is 12.5. The summed E-state index contributed by atoms with van der Waals surface area (Å²) in [7, 11) is 0. The van der Waals surface area contributed by atoms with Gasteiger partial charge in [0.15, 0.2) is 0 Å².